The first-order valence-electron chi connectivity index (χ1n) is 6.50. The van der Waals surface area contributed by atoms with Gasteiger partial charge in [0.05, 0.1) is 12.0 Å². The first-order valence-corrected chi connectivity index (χ1v) is 7.38. The number of furan rings is 1. The highest BCUT2D eigenvalue weighted by Crippen LogP contribution is 2.24. The maximum Gasteiger partial charge on any atom is 0.437 e. The summed E-state index contributed by atoms with van der Waals surface area (Å²) in [5, 5.41) is 6.96. The molecule has 0 bridgehead atoms. The van der Waals surface area contributed by atoms with Crippen LogP contribution in [0.2, 0.25) is 0 Å². The van der Waals surface area contributed by atoms with Gasteiger partial charge in [0.15, 0.2) is 5.76 Å². The van der Waals surface area contributed by atoms with Crippen molar-refractivity contribution in [1.29, 1.82) is 0 Å². The lowest BCUT2D eigenvalue weighted by atomic mass is 9.93. The van der Waals surface area contributed by atoms with Crippen molar-refractivity contribution in [2.45, 2.75) is 32.7 Å². The second kappa shape index (κ2) is 5.00. The van der Waals surface area contributed by atoms with E-state index in [1.54, 1.807) is 12.1 Å². The van der Waals surface area contributed by atoms with Gasteiger partial charge in [-0.1, -0.05) is 20.8 Å². The molecule has 0 fully saturated rings. The minimum absolute atomic E-state index is 0.0110. The summed E-state index contributed by atoms with van der Waals surface area (Å²) in [6.07, 6.45) is 1.50. The molecule has 0 spiro atoms. The van der Waals surface area contributed by atoms with Crippen LogP contribution in [0.5, 0.6) is 0 Å². The molecule has 3 heterocycles. The van der Waals surface area contributed by atoms with Gasteiger partial charge in [0.1, 0.15) is 11.6 Å². The van der Waals surface area contributed by atoms with E-state index in [4.69, 9.17) is 8.83 Å². The quantitative estimate of drug-likeness (QED) is 0.744. The Bertz CT molecular complexity index is 790. The molecule has 0 aliphatic rings. The van der Waals surface area contributed by atoms with Crippen LogP contribution in [-0.4, -0.2) is 14.8 Å². The van der Waals surface area contributed by atoms with Crippen LogP contribution in [0.1, 0.15) is 31.5 Å². The molecule has 3 aromatic rings. The summed E-state index contributed by atoms with van der Waals surface area (Å²) in [5.41, 5.74) is 0.994. The highest BCUT2D eigenvalue weighted by molar-refractivity contribution is 7.09. The smallest absolute Gasteiger partial charge is 0.437 e. The second-order valence-electron chi connectivity index (χ2n) is 5.68. The largest absolute Gasteiger partial charge is 0.459 e. The fourth-order valence-corrected chi connectivity index (χ4v) is 2.76. The van der Waals surface area contributed by atoms with Crippen LogP contribution in [0, 0.1) is 0 Å². The fourth-order valence-electron chi connectivity index (χ4n) is 1.76. The van der Waals surface area contributed by atoms with Gasteiger partial charge < -0.3 is 8.83 Å². The first kappa shape index (κ1) is 13.8. The minimum atomic E-state index is -0.520. The van der Waals surface area contributed by atoms with Crippen molar-refractivity contribution in [2.24, 2.45) is 0 Å². The maximum atomic E-state index is 11.8. The Morgan fingerprint density at radius 2 is 2.19 bits per heavy atom. The van der Waals surface area contributed by atoms with Gasteiger partial charge in [-0.2, -0.15) is 4.68 Å². The van der Waals surface area contributed by atoms with Gasteiger partial charge >= 0.3 is 5.76 Å². The Morgan fingerprint density at radius 1 is 1.38 bits per heavy atom. The Hall–Kier alpha value is -2.15. The van der Waals surface area contributed by atoms with Crippen LogP contribution in [0.4, 0.5) is 0 Å². The molecule has 6 nitrogen and oxygen atoms in total. The normalized spacial score (nSPS) is 12.0. The molecule has 0 aromatic carbocycles. The third-order valence-corrected chi connectivity index (χ3v) is 3.78. The number of rotatable bonds is 3. The van der Waals surface area contributed by atoms with Gasteiger partial charge in [0.2, 0.25) is 0 Å². The SMILES string of the molecule is CC(C)(C)c1csc(Cn2nc(-c3ccco3)oc2=O)n1. The molecule has 0 aliphatic carbocycles. The standard InChI is InChI=1S/C14H15N3O3S/c1-14(2,3)10-8-21-11(15-10)7-17-13(18)20-12(16-17)9-5-4-6-19-9/h4-6,8H,7H2,1-3H3. The van der Waals surface area contributed by atoms with Crippen molar-refractivity contribution in [2.75, 3.05) is 0 Å². The maximum absolute atomic E-state index is 11.8. The molecular weight excluding hydrogens is 290 g/mol. The van der Waals surface area contributed by atoms with Crippen molar-refractivity contribution in [3.8, 4) is 11.7 Å². The van der Waals surface area contributed by atoms with Gasteiger partial charge in [-0.15, -0.1) is 16.4 Å². The molecular formula is C14H15N3O3S. The van der Waals surface area contributed by atoms with Gasteiger partial charge in [-0.3, -0.25) is 0 Å². The van der Waals surface area contributed by atoms with E-state index in [9.17, 15) is 4.79 Å². The average Bonchev–Trinajstić information content (AvgIpc) is 3.10. The molecule has 0 aliphatic heterocycles. The number of thiazole rings is 1. The third kappa shape index (κ3) is 2.82. The van der Waals surface area contributed by atoms with E-state index >= 15 is 0 Å². The van der Waals surface area contributed by atoms with Crippen molar-refractivity contribution >= 4 is 11.3 Å². The Balaban J connectivity index is 1.86. The van der Waals surface area contributed by atoms with Crippen molar-refractivity contribution in [3.05, 3.63) is 45.0 Å². The zero-order chi connectivity index (χ0) is 15.0. The van der Waals surface area contributed by atoms with Crippen LogP contribution in [0.25, 0.3) is 11.7 Å². The van der Waals surface area contributed by atoms with E-state index in [1.165, 1.54) is 22.3 Å². The molecule has 0 saturated carbocycles. The van der Waals surface area contributed by atoms with Gasteiger partial charge in [0.25, 0.3) is 5.89 Å². The molecule has 0 amide bonds. The van der Waals surface area contributed by atoms with Crippen LogP contribution in [0.15, 0.2) is 37.4 Å². The van der Waals surface area contributed by atoms with Crippen LogP contribution >= 0.6 is 11.3 Å². The number of hydrogen-bond acceptors (Lipinski definition) is 6. The zero-order valence-electron chi connectivity index (χ0n) is 12.0. The molecule has 0 saturated heterocycles. The monoisotopic (exact) mass is 305 g/mol. The van der Waals surface area contributed by atoms with Crippen LogP contribution < -0.4 is 5.76 Å². The molecule has 3 rings (SSSR count). The summed E-state index contributed by atoms with van der Waals surface area (Å²) in [6.45, 7) is 6.60. The predicted octanol–water partition coefficient (Wildman–Crippen LogP) is 2.90. The topological polar surface area (TPSA) is 74.1 Å². The predicted molar refractivity (Wildman–Crippen MR) is 78.4 cm³/mol. The summed E-state index contributed by atoms with van der Waals surface area (Å²) in [6, 6.07) is 3.40. The van der Waals surface area contributed by atoms with E-state index in [0.29, 0.717) is 12.3 Å². The minimum Gasteiger partial charge on any atom is -0.459 e. The molecule has 3 aromatic heterocycles. The van der Waals surface area contributed by atoms with Gasteiger partial charge in [-0.25, -0.2) is 9.78 Å². The first-order chi connectivity index (χ1) is 9.93. The van der Waals surface area contributed by atoms with E-state index in [1.807, 2.05) is 5.38 Å². The van der Waals surface area contributed by atoms with E-state index in [-0.39, 0.29) is 11.3 Å². The summed E-state index contributed by atoms with van der Waals surface area (Å²) in [7, 11) is 0. The molecule has 7 heteroatoms. The van der Waals surface area contributed by atoms with Crippen LogP contribution in [0.3, 0.4) is 0 Å². The Labute approximate surface area is 125 Å². The highest BCUT2D eigenvalue weighted by atomic mass is 32.1. The lowest BCUT2D eigenvalue weighted by Gasteiger charge is -2.14. The molecule has 110 valence electrons. The van der Waals surface area contributed by atoms with E-state index in [0.717, 1.165) is 10.7 Å². The van der Waals surface area contributed by atoms with Crippen molar-refractivity contribution < 1.29 is 8.83 Å². The Kier molecular flexibility index (Phi) is 3.29. The summed E-state index contributed by atoms with van der Waals surface area (Å²) in [5.74, 6) is 0.0897. The van der Waals surface area contributed by atoms with E-state index in [2.05, 4.69) is 30.9 Å². The second-order valence-corrected chi connectivity index (χ2v) is 6.63. The molecule has 0 unspecified atom stereocenters. The molecule has 21 heavy (non-hydrogen) atoms. The summed E-state index contributed by atoms with van der Waals surface area (Å²) in [4.78, 5) is 16.4. The van der Waals surface area contributed by atoms with Gasteiger partial charge in [-0.05, 0) is 12.1 Å². The highest BCUT2D eigenvalue weighted by Gasteiger charge is 2.19. The van der Waals surface area contributed by atoms with Gasteiger partial charge in [0, 0.05) is 10.8 Å². The Morgan fingerprint density at radius 3 is 2.81 bits per heavy atom. The molecule has 0 atom stereocenters. The third-order valence-electron chi connectivity index (χ3n) is 2.94. The number of hydrogen-bond donors (Lipinski definition) is 0. The van der Waals surface area contributed by atoms with E-state index < -0.39 is 5.76 Å². The number of nitrogens with zero attached hydrogens (tertiary/aromatic N) is 3. The zero-order valence-corrected chi connectivity index (χ0v) is 12.8. The van der Waals surface area contributed by atoms with Crippen LogP contribution in [-0.2, 0) is 12.0 Å². The average molecular weight is 305 g/mol. The summed E-state index contributed by atoms with van der Waals surface area (Å²) >= 11 is 1.51. The van der Waals surface area contributed by atoms with Crippen molar-refractivity contribution in [1.82, 2.24) is 14.8 Å². The summed E-state index contributed by atoms with van der Waals surface area (Å²) < 4.78 is 11.5. The molecule has 0 N–H and O–H groups in total. The lowest BCUT2D eigenvalue weighted by Crippen LogP contribution is -2.17. The lowest BCUT2D eigenvalue weighted by molar-refractivity contribution is 0.476. The number of aromatic nitrogens is 3. The van der Waals surface area contributed by atoms with Crippen molar-refractivity contribution in [3.63, 3.8) is 0 Å². The fraction of sp³-hybridized carbons (Fsp3) is 0.357. The molecule has 0 radical (unpaired) electrons.